The molecule has 0 spiro atoms. The van der Waals surface area contributed by atoms with Crippen LogP contribution < -0.4 is 14.4 Å². The SMILES string of the molecule is CC(C)CCOc1cccc([C@@H]2/C(=C(\O)c3ccc4c(c3)C[C@@H](C)O4)C(=O)C(=O)N2c2nnc(SCc3ccccc3)s2)c1. The molecule has 1 amide bonds. The molecule has 1 aromatic heterocycles. The van der Waals surface area contributed by atoms with Crippen molar-refractivity contribution in [3.05, 3.63) is 101 Å². The number of fused-ring (bicyclic) bond motifs is 1. The van der Waals surface area contributed by atoms with Gasteiger partial charge in [-0.1, -0.05) is 79.4 Å². The van der Waals surface area contributed by atoms with E-state index >= 15 is 0 Å². The van der Waals surface area contributed by atoms with Crippen molar-refractivity contribution in [2.45, 2.75) is 55.9 Å². The van der Waals surface area contributed by atoms with Gasteiger partial charge in [0.25, 0.3) is 5.78 Å². The number of hydrogen-bond acceptors (Lipinski definition) is 9. The lowest BCUT2D eigenvalue weighted by Gasteiger charge is -2.23. The minimum absolute atomic E-state index is 0.00469. The van der Waals surface area contributed by atoms with E-state index in [4.69, 9.17) is 9.47 Å². The van der Waals surface area contributed by atoms with Crippen LogP contribution in [0.3, 0.4) is 0 Å². The van der Waals surface area contributed by atoms with Gasteiger partial charge in [0.1, 0.15) is 23.4 Å². The molecule has 0 saturated carbocycles. The predicted octanol–water partition coefficient (Wildman–Crippen LogP) is 7.21. The summed E-state index contributed by atoms with van der Waals surface area (Å²) < 4.78 is 12.5. The highest BCUT2D eigenvalue weighted by atomic mass is 32.2. The van der Waals surface area contributed by atoms with Gasteiger partial charge in [-0.05, 0) is 66.3 Å². The van der Waals surface area contributed by atoms with Crippen molar-refractivity contribution < 1.29 is 24.2 Å². The molecule has 1 N–H and O–H groups in total. The van der Waals surface area contributed by atoms with Gasteiger partial charge in [-0.15, -0.1) is 10.2 Å². The molecule has 6 rings (SSSR count). The average molecular weight is 628 g/mol. The van der Waals surface area contributed by atoms with Gasteiger partial charge < -0.3 is 14.6 Å². The van der Waals surface area contributed by atoms with Gasteiger partial charge >= 0.3 is 5.91 Å². The molecular formula is C34H33N3O5S2. The van der Waals surface area contributed by atoms with Gasteiger partial charge in [-0.25, -0.2) is 0 Å². The fourth-order valence-corrected chi connectivity index (χ4v) is 7.16. The van der Waals surface area contributed by atoms with Gasteiger partial charge in [-0.3, -0.25) is 14.5 Å². The molecule has 1 saturated heterocycles. The zero-order chi connectivity index (χ0) is 30.8. The van der Waals surface area contributed by atoms with Crippen LogP contribution >= 0.6 is 23.1 Å². The Morgan fingerprint density at radius 1 is 1.09 bits per heavy atom. The normalized spacial score (nSPS) is 19.0. The summed E-state index contributed by atoms with van der Waals surface area (Å²) in [6, 6.07) is 21.7. The second-order valence-corrected chi connectivity index (χ2v) is 13.5. The van der Waals surface area contributed by atoms with E-state index in [9.17, 15) is 14.7 Å². The highest BCUT2D eigenvalue weighted by Crippen LogP contribution is 2.45. The van der Waals surface area contributed by atoms with Gasteiger partial charge in [0.15, 0.2) is 4.34 Å². The number of carbonyl (C=O) groups excluding carboxylic acids is 2. The van der Waals surface area contributed by atoms with E-state index in [1.807, 2.05) is 67.6 Å². The second kappa shape index (κ2) is 12.8. The number of aliphatic hydroxyl groups excluding tert-OH is 1. The Morgan fingerprint density at radius 3 is 2.70 bits per heavy atom. The number of anilines is 1. The molecule has 4 aromatic rings. The van der Waals surface area contributed by atoms with Crippen molar-refractivity contribution in [1.82, 2.24) is 10.2 Å². The summed E-state index contributed by atoms with van der Waals surface area (Å²) in [5, 5.41) is 20.6. The van der Waals surface area contributed by atoms with Crippen molar-refractivity contribution in [3.8, 4) is 11.5 Å². The zero-order valence-corrected chi connectivity index (χ0v) is 26.4. The molecule has 3 heterocycles. The summed E-state index contributed by atoms with van der Waals surface area (Å²) in [6.07, 6.45) is 1.60. The summed E-state index contributed by atoms with van der Waals surface area (Å²) in [4.78, 5) is 28.8. The van der Waals surface area contributed by atoms with E-state index in [0.29, 0.717) is 45.9 Å². The van der Waals surface area contributed by atoms with Crippen molar-refractivity contribution in [1.29, 1.82) is 0 Å². The molecule has 0 bridgehead atoms. The standard InChI is InChI=1S/C34H33N3O5S2/c1-20(2)14-15-41-26-11-7-10-23(18-26)29-28(30(38)24-12-13-27-25(17-24)16-21(3)42-27)31(39)32(40)37(29)33-35-36-34(44-33)43-19-22-8-5-4-6-9-22/h4-13,17-18,20-21,29,38H,14-16,19H2,1-3H3/b30-28+/t21-,29-/m1/s1. The molecule has 0 unspecified atom stereocenters. The van der Waals surface area contributed by atoms with E-state index in [2.05, 4.69) is 24.0 Å². The van der Waals surface area contributed by atoms with E-state index in [1.165, 1.54) is 28.0 Å². The molecule has 10 heteroatoms. The Hall–Kier alpha value is -4.15. The van der Waals surface area contributed by atoms with E-state index < -0.39 is 17.7 Å². The number of aliphatic hydroxyl groups is 1. The van der Waals surface area contributed by atoms with Gasteiger partial charge in [0, 0.05) is 17.7 Å². The molecule has 0 radical (unpaired) electrons. The van der Waals surface area contributed by atoms with Crippen LogP contribution in [0.2, 0.25) is 0 Å². The lowest BCUT2D eigenvalue weighted by Crippen LogP contribution is -2.29. The van der Waals surface area contributed by atoms with Crippen LogP contribution in [0.15, 0.2) is 82.7 Å². The number of ether oxygens (including phenoxy) is 2. The first kappa shape index (κ1) is 29.9. The Kier molecular flexibility index (Phi) is 8.72. The summed E-state index contributed by atoms with van der Waals surface area (Å²) >= 11 is 2.75. The highest BCUT2D eigenvalue weighted by Gasteiger charge is 2.48. The number of benzene rings is 3. The molecule has 1 fully saturated rings. The molecule has 44 heavy (non-hydrogen) atoms. The van der Waals surface area contributed by atoms with Crippen molar-refractivity contribution in [2.75, 3.05) is 11.5 Å². The lowest BCUT2D eigenvalue weighted by atomic mass is 9.94. The first-order valence-corrected chi connectivity index (χ1v) is 16.4. The molecule has 3 aromatic carbocycles. The van der Waals surface area contributed by atoms with Crippen LogP contribution in [0.25, 0.3) is 5.76 Å². The average Bonchev–Trinajstić information content (AvgIpc) is 3.71. The van der Waals surface area contributed by atoms with Crippen LogP contribution in [0.5, 0.6) is 11.5 Å². The van der Waals surface area contributed by atoms with Crippen molar-refractivity contribution in [3.63, 3.8) is 0 Å². The number of aromatic nitrogens is 2. The van der Waals surface area contributed by atoms with Crippen LogP contribution in [0.1, 0.15) is 55.5 Å². The van der Waals surface area contributed by atoms with E-state index in [-0.39, 0.29) is 22.6 Å². The molecule has 8 nitrogen and oxygen atoms in total. The maximum atomic E-state index is 13.7. The van der Waals surface area contributed by atoms with Gasteiger partial charge in [-0.2, -0.15) is 0 Å². The third-order valence-electron chi connectivity index (χ3n) is 7.56. The Bertz CT molecular complexity index is 1720. The van der Waals surface area contributed by atoms with Crippen LogP contribution in [-0.2, 0) is 21.8 Å². The van der Waals surface area contributed by atoms with Crippen LogP contribution in [0, 0.1) is 5.92 Å². The smallest absolute Gasteiger partial charge is 0.301 e. The van der Waals surface area contributed by atoms with E-state index in [0.717, 1.165) is 23.3 Å². The number of ketones is 1. The number of carbonyl (C=O) groups is 2. The molecule has 2 aliphatic heterocycles. The largest absolute Gasteiger partial charge is 0.507 e. The molecular weight excluding hydrogens is 595 g/mol. The number of hydrogen-bond donors (Lipinski definition) is 1. The van der Waals surface area contributed by atoms with Crippen LogP contribution in [-0.4, -0.2) is 39.7 Å². The lowest BCUT2D eigenvalue weighted by molar-refractivity contribution is -0.132. The van der Waals surface area contributed by atoms with Gasteiger partial charge in [0.05, 0.1) is 18.2 Å². The number of amides is 1. The Morgan fingerprint density at radius 2 is 1.91 bits per heavy atom. The fraction of sp³-hybridized carbons (Fsp3) is 0.294. The monoisotopic (exact) mass is 627 g/mol. The number of Topliss-reactive ketones (excluding diaryl/α,β-unsaturated/α-hetero) is 1. The first-order chi connectivity index (χ1) is 21.3. The first-order valence-electron chi connectivity index (χ1n) is 14.6. The van der Waals surface area contributed by atoms with E-state index in [1.54, 1.807) is 12.1 Å². The summed E-state index contributed by atoms with van der Waals surface area (Å²) in [5.74, 6) is 0.757. The topological polar surface area (TPSA) is 102 Å². The fourth-order valence-electron chi connectivity index (χ4n) is 5.33. The predicted molar refractivity (Wildman–Crippen MR) is 172 cm³/mol. The highest BCUT2D eigenvalue weighted by molar-refractivity contribution is 8.00. The Labute approximate surface area is 264 Å². The number of thioether (sulfide) groups is 1. The maximum Gasteiger partial charge on any atom is 0.301 e. The number of rotatable bonds is 10. The van der Waals surface area contributed by atoms with Crippen molar-refractivity contribution >= 4 is 45.7 Å². The summed E-state index contributed by atoms with van der Waals surface area (Å²) in [5.41, 5.74) is 3.15. The minimum atomic E-state index is -0.924. The third-order valence-corrected chi connectivity index (χ3v) is 9.69. The minimum Gasteiger partial charge on any atom is -0.507 e. The molecule has 2 aliphatic rings. The zero-order valence-electron chi connectivity index (χ0n) is 24.7. The molecule has 226 valence electrons. The van der Waals surface area contributed by atoms with Crippen LogP contribution in [0.4, 0.5) is 5.13 Å². The molecule has 2 atom stereocenters. The second-order valence-electron chi connectivity index (χ2n) is 11.4. The Balaban J connectivity index is 1.38. The maximum absolute atomic E-state index is 13.7. The van der Waals surface area contributed by atoms with Gasteiger partial charge in [0.2, 0.25) is 5.13 Å². The summed E-state index contributed by atoms with van der Waals surface area (Å²) in [7, 11) is 0. The quantitative estimate of drug-likeness (QED) is 0.0647. The number of nitrogens with zero attached hydrogens (tertiary/aromatic N) is 3. The van der Waals surface area contributed by atoms with Crippen molar-refractivity contribution in [2.24, 2.45) is 5.92 Å². The third kappa shape index (κ3) is 6.23. The summed E-state index contributed by atoms with van der Waals surface area (Å²) in [6.45, 7) is 6.78. The molecule has 0 aliphatic carbocycles.